The van der Waals surface area contributed by atoms with Crippen LogP contribution in [0.4, 0.5) is 4.79 Å². The molecule has 1 saturated carbocycles. The zero-order chi connectivity index (χ0) is 16.3. The highest BCUT2D eigenvalue weighted by atomic mass is 16.6. The van der Waals surface area contributed by atoms with Crippen molar-refractivity contribution in [2.75, 3.05) is 6.61 Å². The van der Waals surface area contributed by atoms with Crippen LogP contribution in [-0.4, -0.2) is 42.0 Å². The molecule has 1 aliphatic carbocycles. The quantitative estimate of drug-likeness (QED) is 0.789. The van der Waals surface area contributed by atoms with Crippen molar-refractivity contribution in [3.05, 3.63) is 0 Å². The summed E-state index contributed by atoms with van der Waals surface area (Å²) in [4.78, 5) is 24.1. The van der Waals surface area contributed by atoms with Crippen molar-refractivity contribution in [1.82, 2.24) is 5.32 Å². The van der Waals surface area contributed by atoms with Gasteiger partial charge in [0.1, 0.15) is 11.1 Å². The number of carbonyl (C=O) groups is 2. The Kier molecular flexibility index (Phi) is 5.61. The molecule has 1 N–H and O–H groups in total. The second kappa shape index (κ2) is 6.64. The van der Waals surface area contributed by atoms with E-state index >= 15 is 0 Å². The van der Waals surface area contributed by atoms with Crippen molar-refractivity contribution < 1.29 is 23.8 Å². The van der Waals surface area contributed by atoms with Crippen LogP contribution in [0.1, 0.15) is 54.4 Å². The Labute approximate surface area is 126 Å². The Morgan fingerprint density at radius 1 is 1.29 bits per heavy atom. The topological polar surface area (TPSA) is 73.9 Å². The molecule has 0 spiro atoms. The van der Waals surface area contributed by atoms with E-state index in [0.717, 1.165) is 0 Å². The lowest BCUT2D eigenvalue weighted by Gasteiger charge is -2.45. The van der Waals surface area contributed by atoms with Crippen LogP contribution in [0.2, 0.25) is 0 Å². The van der Waals surface area contributed by atoms with E-state index in [-0.39, 0.29) is 18.8 Å². The Hall–Kier alpha value is -1.30. The summed E-state index contributed by atoms with van der Waals surface area (Å²) in [5, 5.41) is 2.66. The summed E-state index contributed by atoms with van der Waals surface area (Å²) in [6.07, 6.45) is 0.228. The molecule has 0 unspecified atom stereocenters. The second-order valence-electron chi connectivity index (χ2n) is 6.64. The number of carbonyl (C=O) groups excluding carboxylic acids is 2. The third-order valence-electron chi connectivity index (χ3n) is 3.02. The molecule has 1 aliphatic rings. The van der Waals surface area contributed by atoms with Gasteiger partial charge in [-0.05, 0) is 41.5 Å². The molecule has 0 heterocycles. The van der Waals surface area contributed by atoms with Gasteiger partial charge >= 0.3 is 12.1 Å². The first-order valence-electron chi connectivity index (χ1n) is 7.42. The first kappa shape index (κ1) is 17.8. The Bertz CT molecular complexity index is 380. The average Bonchev–Trinajstić information content (AvgIpc) is 2.22. The van der Waals surface area contributed by atoms with Crippen LogP contribution >= 0.6 is 0 Å². The van der Waals surface area contributed by atoms with Gasteiger partial charge in [-0.25, -0.2) is 9.59 Å². The van der Waals surface area contributed by atoms with Gasteiger partial charge < -0.3 is 19.5 Å². The van der Waals surface area contributed by atoms with Crippen molar-refractivity contribution in [3.63, 3.8) is 0 Å². The van der Waals surface area contributed by atoms with Crippen molar-refractivity contribution in [2.24, 2.45) is 0 Å². The molecule has 0 radical (unpaired) electrons. The molecular weight excluding hydrogens is 274 g/mol. The fourth-order valence-corrected chi connectivity index (χ4v) is 2.29. The molecule has 6 nitrogen and oxygen atoms in total. The fourth-order valence-electron chi connectivity index (χ4n) is 2.29. The fraction of sp³-hybridized carbons (Fsp3) is 0.867. The van der Waals surface area contributed by atoms with Crippen molar-refractivity contribution in [1.29, 1.82) is 0 Å². The summed E-state index contributed by atoms with van der Waals surface area (Å²) in [6.45, 7) is 11.2. The molecule has 6 heteroatoms. The molecular formula is C15H27NO5. The first-order valence-corrected chi connectivity index (χ1v) is 7.42. The Morgan fingerprint density at radius 2 is 1.86 bits per heavy atom. The van der Waals surface area contributed by atoms with Crippen molar-refractivity contribution in [2.45, 2.75) is 77.7 Å². The molecule has 0 bridgehead atoms. The maximum atomic E-state index is 12.1. The summed E-state index contributed by atoms with van der Waals surface area (Å²) >= 11 is 0. The van der Waals surface area contributed by atoms with Gasteiger partial charge in [-0.15, -0.1) is 0 Å². The van der Waals surface area contributed by atoms with Crippen LogP contribution in [0.25, 0.3) is 0 Å². The van der Waals surface area contributed by atoms with Gasteiger partial charge in [-0.3, -0.25) is 0 Å². The smallest absolute Gasteiger partial charge is 0.408 e. The molecule has 0 saturated heterocycles. The summed E-state index contributed by atoms with van der Waals surface area (Å²) in [7, 11) is 0. The molecule has 1 fully saturated rings. The largest absolute Gasteiger partial charge is 0.464 e. The average molecular weight is 301 g/mol. The van der Waals surface area contributed by atoms with Crippen LogP contribution in [0.3, 0.4) is 0 Å². The molecule has 0 aromatic carbocycles. The molecule has 21 heavy (non-hydrogen) atoms. The Balaban J connectivity index is 2.68. The number of hydrogen-bond donors (Lipinski definition) is 1. The molecule has 0 aromatic heterocycles. The molecule has 0 aromatic rings. The van der Waals surface area contributed by atoms with Gasteiger partial charge in [0.15, 0.2) is 0 Å². The zero-order valence-electron chi connectivity index (χ0n) is 13.8. The van der Waals surface area contributed by atoms with Gasteiger partial charge in [0.05, 0.1) is 18.8 Å². The Morgan fingerprint density at radius 3 is 2.29 bits per heavy atom. The van der Waals surface area contributed by atoms with Gasteiger partial charge in [-0.1, -0.05) is 0 Å². The number of alkyl carbamates (subject to hydrolysis) is 1. The number of nitrogens with one attached hydrogen (secondary N) is 1. The van der Waals surface area contributed by atoms with Crippen molar-refractivity contribution >= 4 is 12.1 Å². The number of esters is 1. The van der Waals surface area contributed by atoms with E-state index in [1.807, 2.05) is 13.8 Å². The predicted molar refractivity (Wildman–Crippen MR) is 78.0 cm³/mol. The van der Waals surface area contributed by atoms with E-state index < -0.39 is 23.2 Å². The van der Waals surface area contributed by atoms with E-state index in [1.165, 1.54) is 0 Å². The highest BCUT2D eigenvalue weighted by Gasteiger charge is 2.54. The monoisotopic (exact) mass is 301 g/mol. The zero-order valence-corrected chi connectivity index (χ0v) is 13.8. The minimum Gasteiger partial charge on any atom is -0.464 e. The van der Waals surface area contributed by atoms with Crippen LogP contribution < -0.4 is 5.32 Å². The van der Waals surface area contributed by atoms with Gasteiger partial charge in [0.2, 0.25) is 0 Å². The summed E-state index contributed by atoms with van der Waals surface area (Å²) in [6, 6.07) is 0. The van der Waals surface area contributed by atoms with E-state index in [1.54, 1.807) is 27.7 Å². The van der Waals surface area contributed by atoms with E-state index in [0.29, 0.717) is 12.8 Å². The van der Waals surface area contributed by atoms with Crippen LogP contribution in [0.15, 0.2) is 0 Å². The molecule has 1 rings (SSSR count). The number of ether oxygens (including phenoxy) is 3. The standard InChI is InChI=1S/C15H27NO5/c1-7-19-12(17)15(8-11(9-15)20-10(2)3)16-13(18)21-14(4,5)6/h10-11H,7-9H2,1-6H3,(H,16,18). The lowest BCUT2D eigenvalue weighted by atomic mass is 9.74. The maximum Gasteiger partial charge on any atom is 0.408 e. The lowest BCUT2D eigenvalue weighted by Crippen LogP contribution is -2.65. The molecule has 122 valence electrons. The lowest BCUT2D eigenvalue weighted by molar-refractivity contribution is -0.166. The summed E-state index contributed by atoms with van der Waals surface area (Å²) in [5.41, 5.74) is -1.64. The van der Waals surface area contributed by atoms with Gasteiger partial charge in [-0.2, -0.15) is 0 Å². The van der Waals surface area contributed by atoms with Crippen LogP contribution in [-0.2, 0) is 19.0 Å². The third-order valence-corrected chi connectivity index (χ3v) is 3.02. The van der Waals surface area contributed by atoms with E-state index in [4.69, 9.17) is 14.2 Å². The van der Waals surface area contributed by atoms with Crippen LogP contribution in [0, 0.1) is 0 Å². The van der Waals surface area contributed by atoms with Gasteiger partial charge in [0, 0.05) is 12.8 Å². The highest BCUT2D eigenvalue weighted by molar-refractivity contribution is 5.87. The normalized spacial score (nSPS) is 25.2. The summed E-state index contributed by atoms with van der Waals surface area (Å²) < 4.78 is 15.9. The molecule has 1 amide bonds. The molecule has 0 aliphatic heterocycles. The maximum absolute atomic E-state index is 12.1. The number of amides is 1. The van der Waals surface area contributed by atoms with Crippen LogP contribution in [0.5, 0.6) is 0 Å². The van der Waals surface area contributed by atoms with Gasteiger partial charge in [0.25, 0.3) is 0 Å². The first-order chi connectivity index (χ1) is 9.58. The van der Waals surface area contributed by atoms with E-state index in [2.05, 4.69) is 5.32 Å². The summed E-state index contributed by atoms with van der Waals surface area (Å²) in [5.74, 6) is -0.431. The minimum absolute atomic E-state index is 0.0515. The van der Waals surface area contributed by atoms with E-state index in [9.17, 15) is 9.59 Å². The number of rotatable bonds is 5. The number of hydrogen-bond acceptors (Lipinski definition) is 5. The highest BCUT2D eigenvalue weighted by Crippen LogP contribution is 2.36. The predicted octanol–water partition coefficient (Wildman–Crippen LogP) is 2.40. The second-order valence-corrected chi connectivity index (χ2v) is 6.64. The van der Waals surface area contributed by atoms with Crippen molar-refractivity contribution in [3.8, 4) is 0 Å². The SMILES string of the molecule is CCOC(=O)C1(NC(=O)OC(C)(C)C)CC(OC(C)C)C1. The third kappa shape index (κ3) is 5.19. The molecule has 0 atom stereocenters. The minimum atomic E-state index is -1.03.